The Labute approximate surface area is 122 Å². The molecular formula is C14H18N6O. The Balaban J connectivity index is 1.63. The van der Waals surface area contributed by atoms with Gasteiger partial charge in [-0.05, 0) is 19.1 Å². The van der Waals surface area contributed by atoms with Crippen molar-refractivity contribution in [3.05, 3.63) is 42.0 Å². The van der Waals surface area contributed by atoms with Crippen LogP contribution in [0.15, 0.2) is 30.5 Å². The Morgan fingerprint density at radius 1 is 1.38 bits per heavy atom. The first kappa shape index (κ1) is 13.7. The van der Waals surface area contributed by atoms with Crippen LogP contribution in [0.3, 0.4) is 0 Å². The van der Waals surface area contributed by atoms with Crippen LogP contribution in [0.4, 0.5) is 0 Å². The molecule has 1 atom stereocenters. The summed E-state index contributed by atoms with van der Waals surface area (Å²) in [7, 11) is 0. The molecule has 0 radical (unpaired) electrons. The molecule has 0 aliphatic heterocycles. The van der Waals surface area contributed by atoms with Gasteiger partial charge in [0.2, 0.25) is 0 Å². The number of hydrogen-bond acceptors (Lipinski definition) is 5. The molecule has 7 nitrogen and oxygen atoms in total. The predicted molar refractivity (Wildman–Crippen MR) is 78.5 cm³/mol. The summed E-state index contributed by atoms with van der Waals surface area (Å²) >= 11 is 0. The first-order valence-corrected chi connectivity index (χ1v) is 6.94. The Morgan fingerprint density at radius 2 is 2.24 bits per heavy atom. The van der Waals surface area contributed by atoms with Crippen molar-refractivity contribution in [1.82, 2.24) is 30.3 Å². The summed E-state index contributed by atoms with van der Waals surface area (Å²) in [5, 5.41) is 20.2. The fourth-order valence-electron chi connectivity index (χ4n) is 2.16. The third-order valence-electron chi connectivity index (χ3n) is 3.32. The van der Waals surface area contributed by atoms with Gasteiger partial charge in [0.25, 0.3) is 0 Å². The van der Waals surface area contributed by atoms with Gasteiger partial charge in [0.05, 0.1) is 35.9 Å². The quantitative estimate of drug-likeness (QED) is 0.628. The first-order valence-electron chi connectivity index (χ1n) is 6.94. The van der Waals surface area contributed by atoms with Crippen molar-refractivity contribution in [2.75, 3.05) is 6.61 Å². The molecule has 110 valence electrons. The van der Waals surface area contributed by atoms with Gasteiger partial charge in [-0.1, -0.05) is 17.3 Å². The summed E-state index contributed by atoms with van der Waals surface area (Å²) < 4.78 is 1.63. The number of aromatic nitrogens is 5. The van der Waals surface area contributed by atoms with Crippen molar-refractivity contribution in [1.29, 1.82) is 0 Å². The number of nitrogens with zero attached hydrogens (tertiary/aromatic N) is 4. The molecule has 3 rings (SSSR count). The standard InChI is InChI=1S/C14H18N6O/c1-10(14-16-12-4-2-3-5-13(12)17-14)15-8-11-9-20(6-7-21)19-18-11/h2-5,9-10,15,21H,6-8H2,1H3,(H,16,17). The molecule has 0 saturated carbocycles. The van der Waals surface area contributed by atoms with Crippen molar-refractivity contribution in [3.63, 3.8) is 0 Å². The lowest BCUT2D eigenvalue weighted by Crippen LogP contribution is -2.19. The zero-order chi connectivity index (χ0) is 14.7. The third-order valence-corrected chi connectivity index (χ3v) is 3.32. The fourth-order valence-corrected chi connectivity index (χ4v) is 2.16. The highest BCUT2D eigenvalue weighted by molar-refractivity contribution is 5.74. The summed E-state index contributed by atoms with van der Waals surface area (Å²) in [5.41, 5.74) is 2.84. The van der Waals surface area contributed by atoms with Gasteiger partial charge in [-0.25, -0.2) is 9.67 Å². The highest BCUT2D eigenvalue weighted by atomic mass is 16.3. The molecular weight excluding hydrogens is 268 g/mol. The van der Waals surface area contributed by atoms with Gasteiger partial charge in [0.15, 0.2) is 0 Å². The molecule has 2 heterocycles. The van der Waals surface area contributed by atoms with Gasteiger partial charge in [-0.15, -0.1) is 5.10 Å². The SMILES string of the molecule is CC(NCc1cn(CCO)nn1)c1nc2ccccc2[nH]1. The fraction of sp³-hybridized carbons (Fsp3) is 0.357. The van der Waals surface area contributed by atoms with Crippen molar-refractivity contribution < 1.29 is 5.11 Å². The normalized spacial score (nSPS) is 12.9. The predicted octanol–water partition coefficient (Wildman–Crippen LogP) is 0.997. The van der Waals surface area contributed by atoms with E-state index >= 15 is 0 Å². The van der Waals surface area contributed by atoms with E-state index in [1.54, 1.807) is 4.68 Å². The van der Waals surface area contributed by atoms with Gasteiger partial charge in [0.1, 0.15) is 5.82 Å². The third kappa shape index (κ3) is 3.09. The van der Waals surface area contributed by atoms with Gasteiger partial charge in [-0.2, -0.15) is 0 Å². The lowest BCUT2D eigenvalue weighted by Gasteiger charge is -2.09. The second kappa shape index (κ2) is 6.02. The van der Waals surface area contributed by atoms with Crippen molar-refractivity contribution in [2.24, 2.45) is 0 Å². The number of aliphatic hydroxyl groups is 1. The van der Waals surface area contributed by atoms with Gasteiger partial charge >= 0.3 is 0 Å². The summed E-state index contributed by atoms with van der Waals surface area (Å²) in [5.74, 6) is 0.902. The zero-order valence-electron chi connectivity index (χ0n) is 11.8. The molecule has 0 aliphatic rings. The second-order valence-electron chi connectivity index (χ2n) is 4.94. The Hall–Kier alpha value is -2.25. The van der Waals surface area contributed by atoms with Crippen LogP contribution in [0.2, 0.25) is 0 Å². The average molecular weight is 286 g/mol. The van der Waals surface area contributed by atoms with Gasteiger partial charge in [0, 0.05) is 12.7 Å². The molecule has 1 aromatic carbocycles. The number of rotatable bonds is 6. The number of hydrogen-bond donors (Lipinski definition) is 3. The number of benzene rings is 1. The number of para-hydroxylation sites is 2. The topological polar surface area (TPSA) is 91.7 Å². The molecule has 1 unspecified atom stereocenters. The minimum Gasteiger partial charge on any atom is -0.394 e. The minimum absolute atomic E-state index is 0.0611. The van der Waals surface area contributed by atoms with Crippen LogP contribution in [0.1, 0.15) is 24.5 Å². The minimum atomic E-state index is 0.0611. The number of aliphatic hydroxyl groups excluding tert-OH is 1. The highest BCUT2D eigenvalue weighted by Crippen LogP contribution is 2.15. The monoisotopic (exact) mass is 286 g/mol. The van der Waals surface area contributed by atoms with E-state index in [-0.39, 0.29) is 12.6 Å². The molecule has 21 heavy (non-hydrogen) atoms. The largest absolute Gasteiger partial charge is 0.394 e. The molecule has 0 saturated heterocycles. The lowest BCUT2D eigenvalue weighted by molar-refractivity contribution is 0.268. The second-order valence-corrected chi connectivity index (χ2v) is 4.94. The number of nitrogens with one attached hydrogen (secondary N) is 2. The van der Waals surface area contributed by atoms with Crippen LogP contribution in [0, 0.1) is 0 Å². The molecule has 2 aromatic heterocycles. The molecule has 0 bridgehead atoms. The van der Waals surface area contributed by atoms with E-state index in [0.717, 1.165) is 22.6 Å². The van der Waals surface area contributed by atoms with E-state index in [0.29, 0.717) is 13.1 Å². The first-order chi connectivity index (χ1) is 10.3. The number of H-pyrrole nitrogens is 1. The summed E-state index contributed by atoms with van der Waals surface area (Å²) in [6.45, 7) is 3.18. The van der Waals surface area contributed by atoms with Crippen LogP contribution < -0.4 is 5.32 Å². The van der Waals surface area contributed by atoms with Crippen molar-refractivity contribution >= 4 is 11.0 Å². The summed E-state index contributed by atoms with van der Waals surface area (Å²) in [4.78, 5) is 7.88. The van der Waals surface area contributed by atoms with Crippen LogP contribution in [0.25, 0.3) is 11.0 Å². The maximum absolute atomic E-state index is 8.85. The van der Waals surface area contributed by atoms with Gasteiger partial charge < -0.3 is 15.4 Å². The summed E-state index contributed by atoms with van der Waals surface area (Å²) in [6, 6.07) is 8.05. The average Bonchev–Trinajstić information content (AvgIpc) is 3.11. The van der Waals surface area contributed by atoms with E-state index in [1.165, 1.54) is 0 Å². The molecule has 0 fully saturated rings. The molecule has 3 aromatic rings. The van der Waals surface area contributed by atoms with Crippen molar-refractivity contribution in [2.45, 2.75) is 26.1 Å². The zero-order valence-corrected chi connectivity index (χ0v) is 11.8. The Morgan fingerprint density at radius 3 is 3.05 bits per heavy atom. The molecule has 0 amide bonds. The summed E-state index contributed by atoms with van der Waals surface area (Å²) in [6.07, 6.45) is 1.83. The number of aromatic amines is 1. The van der Waals surface area contributed by atoms with E-state index in [9.17, 15) is 0 Å². The maximum Gasteiger partial charge on any atom is 0.124 e. The van der Waals surface area contributed by atoms with E-state index in [2.05, 4.69) is 32.5 Å². The molecule has 3 N–H and O–H groups in total. The van der Waals surface area contributed by atoms with Crippen LogP contribution in [-0.4, -0.2) is 36.7 Å². The molecule has 7 heteroatoms. The molecule has 0 spiro atoms. The van der Waals surface area contributed by atoms with E-state index in [1.807, 2.05) is 30.5 Å². The van der Waals surface area contributed by atoms with Gasteiger partial charge in [-0.3, -0.25) is 0 Å². The van der Waals surface area contributed by atoms with Crippen LogP contribution >= 0.6 is 0 Å². The highest BCUT2D eigenvalue weighted by Gasteiger charge is 2.11. The number of imidazole rings is 1. The van der Waals surface area contributed by atoms with Crippen molar-refractivity contribution in [3.8, 4) is 0 Å². The lowest BCUT2D eigenvalue weighted by atomic mass is 10.3. The van der Waals surface area contributed by atoms with Crippen LogP contribution in [0.5, 0.6) is 0 Å². The Bertz CT molecular complexity index is 686. The van der Waals surface area contributed by atoms with E-state index < -0.39 is 0 Å². The number of fused-ring (bicyclic) bond motifs is 1. The smallest absolute Gasteiger partial charge is 0.124 e. The molecule has 0 aliphatic carbocycles. The van der Waals surface area contributed by atoms with E-state index in [4.69, 9.17) is 5.11 Å². The Kier molecular flexibility index (Phi) is 3.94. The maximum atomic E-state index is 8.85. The van der Waals surface area contributed by atoms with Crippen LogP contribution in [-0.2, 0) is 13.1 Å².